The van der Waals surface area contributed by atoms with E-state index in [0.29, 0.717) is 11.5 Å². The van der Waals surface area contributed by atoms with Gasteiger partial charge in [-0.15, -0.1) is 0 Å². The number of morpholine rings is 1. The first kappa shape index (κ1) is 21.4. The maximum atomic E-state index is 6.23. The Morgan fingerprint density at radius 2 is 1.73 bits per heavy atom. The van der Waals surface area contributed by atoms with Gasteiger partial charge in [0.15, 0.2) is 11.5 Å². The number of fused-ring (bicyclic) bond motifs is 1. The predicted molar refractivity (Wildman–Crippen MR) is 131 cm³/mol. The summed E-state index contributed by atoms with van der Waals surface area (Å²) < 4.78 is 11.5. The normalized spacial score (nSPS) is 15.1. The third kappa shape index (κ3) is 4.55. The number of rotatable bonds is 6. The van der Waals surface area contributed by atoms with E-state index in [1.54, 1.807) is 0 Å². The summed E-state index contributed by atoms with van der Waals surface area (Å²) in [5, 5.41) is 8.09. The SMILES string of the molecule is CC(C)(CN1CCOCC1)c1cc(-c2ccc(Oc3ccccc3)cc2)c2c(N)n[nH]c2n1. The van der Waals surface area contributed by atoms with Crippen molar-refractivity contribution >= 4 is 16.9 Å². The topological polar surface area (TPSA) is 89.3 Å². The first-order chi connectivity index (χ1) is 16.0. The second-order valence-corrected chi connectivity index (χ2v) is 9.10. The van der Waals surface area contributed by atoms with Gasteiger partial charge in [-0.05, 0) is 41.5 Å². The molecule has 1 saturated heterocycles. The molecule has 170 valence electrons. The Balaban J connectivity index is 1.48. The molecule has 7 nitrogen and oxygen atoms in total. The molecule has 2 aromatic heterocycles. The molecule has 0 amide bonds. The Morgan fingerprint density at radius 3 is 2.45 bits per heavy atom. The summed E-state index contributed by atoms with van der Waals surface area (Å²) in [6.07, 6.45) is 0. The largest absolute Gasteiger partial charge is 0.457 e. The highest BCUT2D eigenvalue weighted by Crippen LogP contribution is 2.36. The third-order valence-corrected chi connectivity index (χ3v) is 6.12. The van der Waals surface area contributed by atoms with Crippen LogP contribution >= 0.6 is 0 Å². The van der Waals surface area contributed by atoms with E-state index >= 15 is 0 Å². The van der Waals surface area contributed by atoms with Gasteiger partial charge in [-0.1, -0.05) is 44.2 Å². The Hall–Kier alpha value is -3.42. The molecule has 0 unspecified atom stereocenters. The Morgan fingerprint density at radius 1 is 1.03 bits per heavy atom. The van der Waals surface area contributed by atoms with Gasteiger partial charge < -0.3 is 15.2 Å². The molecule has 0 atom stereocenters. The minimum Gasteiger partial charge on any atom is -0.457 e. The number of anilines is 1. The number of ether oxygens (including phenoxy) is 2. The molecule has 2 aromatic carbocycles. The molecular weight excluding hydrogens is 414 g/mol. The maximum absolute atomic E-state index is 6.23. The zero-order chi connectivity index (χ0) is 22.8. The van der Waals surface area contributed by atoms with Crippen LogP contribution in [0.1, 0.15) is 19.5 Å². The summed E-state index contributed by atoms with van der Waals surface area (Å²) in [4.78, 5) is 7.35. The average Bonchev–Trinajstić information content (AvgIpc) is 3.21. The van der Waals surface area contributed by atoms with Crippen LogP contribution < -0.4 is 10.5 Å². The van der Waals surface area contributed by atoms with Crippen molar-refractivity contribution < 1.29 is 9.47 Å². The van der Waals surface area contributed by atoms with E-state index in [4.69, 9.17) is 20.2 Å². The molecule has 1 aliphatic heterocycles. The van der Waals surface area contributed by atoms with Gasteiger partial charge in [0.05, 0.1) is 24.3 Å². The van der Waals surface area contributed by atoms with Gasteiger partial charge in [0, 0.05) is 25.0 Å². The molecular formula is C26H29N5O2. The number of aromatic nitrogens is 3. The Bertz CT molecular complexity index is 1230. The van der Waals surface area contributed by atoms with Gasteiger partial charge in [0.25, 0.3) is 0 Å². The van der Waals surface area contributed by atoms with Gasteiger partial charge in [-0.3, -0.25) is 10.00 Å². The van der Waals surface area contributed by atoms with Gasteiger partial charge in [0.2, 0.25) is 0 Å². The van der Waals surface area contributed by atoms with E-state index in [9.17, 15) is 0 Å². The van der Waals surface area contributed by atoms with Crippen molar-refractivity contribution in [3.8, 4) is 22.6 Å². The molecule has 0 radical (unpaired) electrons. The lowest BCUT2D eigenvalue weighted by Crippen LogP contribution is -2.43. The molecule has 0 saturated carbocycles. The number of nitrogens with zero attached hydrogens (tertiary/aromatic N) is 3. The number of nitrogens with two attached hydrogens (primary N) is 1. The minimum absolute atomic E-state index is 0.156. The highest BCUT2D eigenvalue weighted by molar-refractivity contribution is 6.00. The average molecular weight is 444 g/mol. The van der Waals surface area contributed by atoms with Crippen molar-refractivity contribution in [1.29, 1.82) is 0 Å². The number of H-pyrrole nitrogens is 1. The van der Waals surface area contributed by atoms with E-state index in [1.165, 1.54) is 0 Å². The van der Waals surface area contributed by atoms with Crippen LogP contribution in [0.2, 0.25) is 0 Å². The number of nitrogens with one attached hydrogen (secondary N) is 1. The number of benzene rings is 2. The van der Waals surface area contributed by atoms with Crippen LogP contribution in [0.25, 0.3) is 22.2 Å². The highest BCUT2D eigenvalue weighted by Gasteiger charge is 2.28. The summed E-state index contributed by atoms with van der Waals surface area (Å²) >= 11 is 0. The first-order valence-corrected chi connectivity index (χ1v) is 11.3. The van der Waals surface area contributed by atoms with Crippen LogP contribution in [0, 0.1) is 0 Å². The van der Waals surface area contributed by atoms with Crippen molar-refractivity contribution in [3.63, 3.8) is 0 Å². The van der Waals surface area contributed by atoms with Crippen LogP contribution in [0.3, 0.4) is 0 Å². The third-order valence-electron chi connectivity index (χ3n) is 6.12. The molecule has 7 heteroatoms. The van der Waals surface area contributed by atoms with E-state index in [0.717, 1.165) is 66.6 Å². The summed E-state index contributed by atoms with van der Waals surface area (Å²) in [6, 6.07) is 20.0. The molecule has 0 spiro atoms. The van der Waals surface area contributed by atoms with Crippen LogP contribution in [0.15, 0.2) is 60.7 Å². The molecule has 0 bridgehead atoms. The van der Waals surface area contributed by atoms with E-state index in [-0.39, 0.29) is 5.41 Å². The van der Waals surface area contributed by atoms with Gasteiger partial charge >= 0.3 is 0 Å². The van der Waals surface area contributed by atoms with Crippen LogP contribution in [-0.2, 0) is 10.2 Å². The quantitative estimate of drug-likeness (QED) is 0.452. The van der Waals surface area contributed by atoms with E-state index in [1.807, 2.05) is 42.5 Å². The fourth-order valence-electron chi connectivity index (χ4n) is 4.36. The molecule has 4 aromatic rings. The molecule has 5 rings (SSSR count). The van der Waals surface area contributed by atoms with Crippen molar-refractivity contribution in [2.75, 3.05) is 38.6 Å². The van der Waals surface area contributed by atoms with Crippen LogP contribution in [-0.4, -0.2) is 52.9 Å². The second kappa shape index (κ2) is 8.84. The predicted octanol–water partition coefficient (Wildman–Crippen LogP) is 4.61. The summed E-state index contributed by atoms with van der Waals surface area (Å²) in [6.45, 7) is 8.82. The van der Waals surface area contributed by atoms with Crippen LogP contribution in [0.4, 0.5) is 5.82 Å². The highest BCUT2D eigenvalue weighted by atomic mass is 16.5. The lowest BCUT2D eigenvalue weighted by molar-refractivity contribution is 0.0293. The lowest BCUT2D eigenvalue weighted by atomic mass is 9.86. The molecule has 33 heavy (non-hydrogen) atoms. The van der Waals surface area contributed by atoms with Crippen molar-refractivity contribution in [2.24, 2.45) is 0 Å². The number of pyridine rings is 1. The summed E-state index contributed by atoms with van der Waals surface area (Å²) in [5.41, 5.74) is 9.84. The van der Waals surface area contributed by atoms with Crippen molar-refractivity contribution in [3.05, 3.63) is 66.4 Å². The van der Waals surface area contributed by atoms with Crippen molar-refractivity contribution in [2.45, 2.75) is 19.3 Å². The van der Waals surface area contributed by atoms with Crippen LogP contribution in [0.5, 0.6) is 11.5 Å². The number of nitrogen functional groups attached to an aromatic ring is 1. The second-order valence-electron chi connectivity index (χ2n) is 9.10. The first-order valence-electron chi connectivity index (χ1n) is 11.3. The Labute approximate surface area is 193 Å². The maximum Gasteiger partial charge on any atom is 0.158 e. The van der Waals surface area contributed by atoms with Gasteiger partial charge in [0.1, 0.15) is 11.5 Å². The fourth-order valence-corrected chi connectivity index (χ4v) is 4.36. The van der Waals surface area contributed by atoms with E-state index < -0.39 is 0 Å². The molecule has 1 fully saturated rings. The lowest BCUT2D eigenvalue weighted by Gasteiger charge is -2.34. The zero-order valence-electron chi connectivity index (χ0n) is 19.0. The number of para-hydroxylation sites is 1. The molecule has 1 aliphatic rings. The number of hydrogen-bond donors (Lipinski definition) is 2. The number of hydrogen-bond acceptors (Lipinski definition) is 6. The minimum atomic E-state index is -0.156. The van der Waals surface area contributed by atoms with Gasteiger partial charge in [-0.2, -0.15) is 5.10 Å². The number of aromatic amines is 1. The molecule has 0 aliphatic carbocycles. The standard InChI is InChI=1S/C26H29N5O2/c1-26(2,17-31-12-14-32-15-13-31)22-16-21(23-24(27)29-30-25(23)28-22)18-8-10-20(11-9-18)33-19-6-4-3-5-7-19/h3-11,16H,12-15,17H2,1-2H3,(H3,27,28,29,30). The summed E-state index contributed by atoms with van der Waals surface area (Å²) in [7, 11) is 0. The molecule has 3 heterocycles. The molecule has 3 N–H and O–H groups in total. The summed E-state index contributed by atoms with van der Waals surface area (Å²) in [5.74, 6) is 2.04. The fraction of sp³-hybridized carbons (Fsp3) is 0.308. The zero-order valence-corrected chi connectivity index (χ0v) is 19.0. The Kier molecular flexibility index (Phi) is 5.74. The van der Waals surface area contributed by atoms with Gasteiger partial charge in [-0.25, -0.2) is 4.98 Å². The van der Waals surface area contributed by atoms with E-state index in [2.05, 4.69) is 47.1 Å². The monoisotopic (exact) mass is 443 g/mol. The van der Waals surface area contributed by atoms with Crippen molar-refractivity contribution in [1.82, 2.24) is 20.1 Å². The smallest absolute Gasteiger partial charge is 0.158 e.